The van der Waals surface area contributed by atoms with E-state index < -0.39 is 29.6 Å². The molecule has 4 atom stereocenters. The van der Waals surface area contributed by atoms with Crippen LogP contribution in [-0.4, -0.2) is 61.0 Å². The number of alkyl halides is 2. The first-order chi connectivity index (χ1) is 15.7. The lowest BCUT2D eigenvalue weighted by Crippen LogP contribution is -2.42. The molecule has 2 aliphatic heterocycles. The zero-order valence-corrected chi connectivity index (χ0v) is 18.4. The largest absolute Gasteiger partial charge is 0.429 e. The van der Waals surface area contributed by atoms with Crippen LogP contribution in [0.3, 0.4) is 0 Å². The summed E-state index contributed by atoms with van der Waals surface area (Å²) in [5.41, 5.74) is -1.65. The van der Waals surface area contributed by atoms with Gasteiger partial charge in [0, 0.05) is 24.9 Å². The second-order valence-corrected chi connectivity index (χ2v) is 9.11. The first-order valence-electron chi connectivity index (χ1n) is 11.1. The van der Waals surface area contributed by atoms with Crippen LogP contribution in [0.1, 0.15) is 52.0 Å². The highest BCUT2D eigenvalue weighted by Gasteiger charge is 2.40. The van der Waals surface area contributed by atoms with Crippen LogP contribution in [0.15, 0.2) is 27.3 Å². The maximum absolute atomic E-state index is 13.1. The fourth-order valence-corrected chi connectivity index (χ4v) is 5.10. The summed E-state index contributed by atoms with van der Waals surface area (Å²) in [4.78, 5) is 22.1. The highest BCUT2D eigenvalue weighted by Crippen LogP contribution is 2.40. The van der Waals surface area contributed by atoms with E-state index in [1.54, 1.807) is 6.92 Å². The van der Waals surface area contributed by atoms with E-state index >= 15 is 0 Å². The van der Waals surface area contributed by atoms with E-state index in [2.05, 4.69) is 34.8 Å². The van der Waals surface area contributed by atoms with Crippen molar-refractivity contribution in [2.24, 2.45) is 10.2 Å². The van der Waals surface area contributed by atoms with Crippen molar-refractivity contribution in [3.63, 3.8) is 0 Å². The fraction of sp³-hybridized carbons (Fsp3) is 0.619. The molecule has 3 aliphatic rings. The van der Waals surface area contributed by atoms with Gasteiger partial charge in [0.25, 0.3) is 5.56 Å². The molecule has 0 bridgehead atoms. The Hall–Kier alpha value is -3.02. The summed E-state index contributed by atoms with van der Waals surface area (Å²) in [5.74, 6) is 0.704. The zero-order valence-electron chi connectivity index (χ0n) is 18.4. The van der Waals surface area contributed by atoms with E-state index in [0.29, 0.717) is 37.1 Å². The third-order valence-corrected chi connectivity index (χ3v) is 6.78. The number of anilines is 1. The molecule has 33 heavy (non-hydrogen) atoms. The molecule has 0 spiro atoms. The molecule has 4 heterocycles. The monoisotopic (exact) mass is 462 g/mol. The quantitative estimate of drug-likeness (QED) is 0.660. The summed E-state index contributed by atoms with van der Waals surface area (Å²) in [6.45, 7) is 1.11. The van der Waals surface area contributed by atoms with Gasteiger partial charge in [-0.15, -0.1) is 0 Å². The second kappa shape index (κ2) is 8.08. The number of rotatable bonds is 5. The summed E-state index contributed by atoms with van der Waals surface area (Å²) in [6.07, 6.45) is 4.96. The standard InChI is InChI=1S/C21H25F2N7O3/c1-11-27-28-16-6-5-13(10-29(11)16)25-20-24-9-12-8-14(33-19(22)23)18(31)30(17(12)26-20)15-4-3-7-21(15,2)32/h8-9,13,15-16,19,32H,3-7,10H2,1-2H3/p+1/t13?,15-,16?,21-/m1/s1. The van der Waals surface area contributed by atoms with E-state index in [1.165, 1.54) is 16.8 Å². The van der Waals surface area contributed by atoms with Gasteiger partial charge < -0.3 is 15.2 Å². The maximum Gasteiger partial charge on any atom is 0.387 e. The minimum atomic E-state index is -3.14. The number of fused-ring (bicyclic) bond motifs is 2. The van der Waals surface area contributed by atoms with Crippen LogP contribution in [0.4, 0.5) is 14.7 Å². The molecule has 2 aromatic heterocycles. The van der Waals surface area contributed by atoms with Crippen molar-refractivity contribution in [1.29, 1.82) is 0 Å². The van der Waals surface area contributed by atoms with Gasteiger partial charge in [-0.25, -0.2) is 9.56 Å². The lowest BCUT2D eigenvalue weighted by molar-refractivity contribution is -0.571. The molecule has 2 unspecified atom stereocenters. The zero-order chi connectivity index (χ0) is 23.3. The number of aliphatic hydroxyl groups is 1. The second-order valence-electron chi connectivity index (χ2n) is 9.11. The molecule has 2 N–H and O–H groups in total. The van der Waals surface area contributed by atoms with Gasteiger partial charge in [-0.2, -0.15) is 13.8 Å². The predicted molar refractivity (Wildman–Crippen MR) is 115 cm³/mol. The number of ether oxygens (including phenoxy) is 1. The Kier molecular flexibility index (Phi) is 5.34. The SMILES string of the molecule is CC1=[N+]2CC(Nc3ncc4cc(OC(F)F)c(=O)n([C@@H]5CCC[C@@]5(C)O)c4n3)CCC2N=N1. The highest BCUT2D eigenvalue weighted by molar-refractivity contribution is 5.77. The van der Waals surface area contributed by atoms with Crippen LogP contribution in [-0.2, 0) is 0 Å². The van der Waals surface area contributed by atoms with Crippen LogP contribution < -0.4 is 15.6 Å². The number of nitrogens with one attached hydrogen (secondary N) is 1. The highest BCUT2D eigenvalue weighted by atomic mass is 19.3. The fourth-order valence-electron chi connectivity index (χ4n) is 5.10. The summed E-state index contributed by atoms with van der Waals surface area (Å²) in [5, 5.41) is 23.0. The molecule has 2 fully saturated rings. The first-order valence-corrected chi connectivity index (χ1v) is 11.1. The number of nitrogens with zero attached hydrogens (tertiary/aromatic N) is 6. The van der Waals surface area contributed by atoms with Crippen LogP contribution in [0.5, 0.6) is 5.75 Å². The molecule has 0 amide bonds. The molecule has 10 nitrogen and oxygen atoms in total. The first kappa shape index (κ1) is 21.8. The van der Waals surface area contributed by atoms with Gasteiger partial charge in [0.2, 0.25) is 12.1 Å². The van der Waals surface area contributed by atoms with Crippen LogP contribution in [0.25, 0.3) is 11.0 Å². The Morgan fingerprint density at radius 1 is 1.36 bits per heavy atom. The Balaban J connectivity index is 1.53. The minimum Gasteiger partial charge on any atom is -0.429 e. The number of azo groups is 1. The van der Waals surface area contributed by atoms with Gasteiger partial charge in [0.05, 0.1) is 22.8 Å². The van der Waals surface area contributed by atoms with E-state index in [9.17, 15) is 18.7 Å². The average Bonchev–Trinajstić information content (AvgIpc) is 3.30. The summed E-state index contributed by atoms with van der Waals surface area (Å²) < 4.78 is 33.7. The predicted octanol–water partition coefficient (Wildman–Crippen LogP) is 2.67. The number of piperidine rings is 1. The molecule has 1 aliphatic carbocycles. The third-order valence-electron chi connectivity index (χ3n) is 6.78. The topological polar surface area (TPSA) is 117 Å². The van der Waals surface area contributed by atoms with Gasteiger partial charge in [0.1, 0.15) is 12.2 Å². The number of hydrogen-bond acceptors (Lipinski definition) is 8. The van der Waals surface area contributed by atoms with Crippen molar-refractivity contribution in [2.45, 2.75) is 76.4 Å². The molecule has 2 aromatic rings. The smallest absolute Gasteiger partial charge is 0.387 e. The minimum absolute atomic E-state index is 0.0494. The average molecular weight is 462 g/mol. The molecule has 5 rings (SSSR count). The van der Waals surface area contributed by atoms with Crippen molar-refractivity contribution in [3.05, 3.63) is 22.6 Å². The van der Waals surface area contributed by atoms with Gasteiger partial charge >= 0.3 is 12.4 Å². The van der Waals surface area contributed by atoms with Gasteiger partial charge in [-0.05, 0) is 43.8 Å². The summed E-state index contributed by atoms with van der Waals surface area (Å²) in [7, 11) is 0. The van der Waals surface area contributed by atoms with Gasteiger partial charge in [0.15, 0.2) is 5.75 Å². The molecular weight excluding hydrogens is 436 g/mol. The Bertz CT molecular complexity index is 1210. The van der Waals surface area contributed by atoms with Crippen molar-refractivity contribution in [1.82, 2.24) is 14.5 Å². The van der Waals surface area contributed by atoms with E-state index in [0.717, 1.165) is 18.7 Å². The van der Waals surface area contributed by atoms with E-state index in [4.69, 9.17) is 0 Å². The Morgan fingerprint density at radius 3 is 2.91 bits per heavy atom. The summed E-state index contributed by atoms with van der Waals surface area (Å²) in [6, 6.07) is 0.662. The maximum atomic E-state index is 13.1. The van der Waals surface area contributed by atoms with Crippen molar-refractivity contribution in [2.75, 3.05) is 11.9 Å². The normalized spacial score (nSPS) is 29.2. The molecule has 176 valence electrons. The third kappa shape index (κ3) is 3.96. The Morgan fingerprint density at radius 2 is 2.18 bits per heavy atom. The molecule has 0 radical (unpaired) electrons. The molecule has 1 saturated carbocycles. The van der Waals surface area contributed by atoms with Crippen molar-refractivity contribution < 1.29 is 23.2 Å². The molecule has 0 aromatic carbocycles. The van der Waals surface area contributed by atoms with Gasteiger partial charge in [-0.1, -0.05) is 0 Å². The number of pyridine rings is 1. The molecule has 1 saturated heterocycles. The lowest BCUT2D eigenvalue weighted by atomic mass is 10.00. The number of aromatic nitrogens is 3. The van der Waals surface area contributed by atoms with E-state index in [1.807, 2.05) is 6.92 Å². The van der Waals surface area contributed by atoms with Gasteiger partial charge in [-0.3, -0.25) is 9.36 Å². The van der Waals surface area contributed by atoms with Crippen LogP contribution in [0.2, 0.25) is 0 Å². The number of amidine groups is 1. The van der Waals surface area contributed by atoms with Crippen LogP contribution >= 0.6 is 0 Å². The number of halogens is 2. The van der Waals surface area contributed by atoms with E-state index in [-0.39, 0.29) is 17.9 Å². The van der Waals surface area contributed by atoms with Crippen LogP contribution in [0, 0.1) is 0 Å². The Labute approximate surface area is 188 Å². The number of hydrogen-bond donors (Lipinski definition) is 2. The molecule has 12 heteroatoms. The summed E-state index contributed by atoms with van der Waals surface area (Å²) >= 11 is 0. The molecular formula is C21H26F2N7O3+. The van der Waals surface area contributed by atoms with Crippen molar-refractivity contribution >= 4 is 22.8 Å². The lowest BCUT2D eigenvalue weighted by Gasteiger charge is -2.29. The van der Waals surface area contributed by atoms with Crippen molar-refractivity contribution in [3.8, 4) is 5.75 Å².